The molecule has 0 saturated carbocycles. The van der Waals surface area contributed by atoms with Crippen LogP contribution in [-0.2, 0) is 7.05 Å². The third-order valence-corrected chi connectivity index (χ3v) is 6.75. The Hall–Kier alpha value is -4.44. The van der Waals surface area contributed by atoms with E-state index < -0.39 is 0 Å². The van der Waals surface area contributed by atoms with Crippen molar-refractivity contribution in [3.8, 4) is 17.1 Å². The van der Waals surface area contributed by atoms with Gasteiger partial charge in [0.15, 0.2) is 16.6 Å². The average Bonchev–Trinajstić information content (AvgIpc) is 3.38. The molecule has 0 aliphatic heterocycles. The van der Waals surface area contributed by atoms with Crippen molar-refractivity contribution in [2.45, 2.75) is 6.92 Å². The summed E-state index contributed by atoms with van der Waals surface area (Å²) in [5.74, 6) is 1.07. The number of rotatable bonds is 2. The van der Waals surface area contributed by atoms with Gasteiger partial charge in [-0.2, -0.15) is 4.57 Å². The third kappa shape index (κ3) is 2.66. The van der Waals surface area contributed by atoms with Crippen LogP contribution in [0.4, 0.5) is 0 Å². The average molecular weight is 441 g/mol. The zero-order valence-corrected chi connectivity index (χ0v) is 19.0. The molecule has 0 spiro atoms. The van der Waals surface area contributed by atoms with Crippen molar-refractivity contribution in [1.82, 2.24) is 9.55 Å². The maximum atomic E-state index is 6.39. The minimum Gasteiger partial charge on any atom is -0.437 e. The Morgan fingerprint density at radius 3 is 2.50 bits per heavy atom. The van der Waals surface area contributed by atoms with Crippen molar-refractivity contribution >= 4 is 43.9 Å². The number of para-hydroxylation sites is 3. The first-order valence-electron chi connectivity index (χ1n) is 11.5. The monoisotopic (exact) mass is 440 g/mol. The first-order valence-corrected chi connectivity index (χ1v) is 11.5. The lowest BCUT2D eigenvalue weighted by molar-refractivity contribution is -0.633. The van der Waals surface area contributed by atoms with Crippen LogP contribution in [0.5, 0.6) is 0 Å². The van der Waals surface area contributed by atoms with Gasteiger partial charge in [-0.15, -0.1) is 0 Å². The number of furan rings is 1. The fraction of sp³-hybridized carbons (Fsp3) is 0.0667. The van der Waals surface area contributed by atoms with Crippen molar-refractivity contribution in [1.29, 1.82) is 0 Å². The summed E-state index contributed by atoms with van der Waals surface area (Å²) in [6.07, 6.45) is 0. The van der Waals surface area contributed by atoms with Crippen LogP contribution in [0.3, 0.4) is 0 Å². The largest absolute Gasteiger partial charge is 0.437 e. The molecule has 4 aromatic carbocycles. The molecule has 0 aliphatic rings. The second-order valence-corrected chi connectivity index (χ2v) is 8.83. The van der Waals surface area contributed by atoms with Crippen LogP contribution in [0.1, 0.15) is 5.69 Å². The molecule has 0 saturated heterocycles. The number of hydrogen-bond donors (Lipinski definition) is 0. The van der Waals surface area contributed by atoms with E-state index in [0.717, 1.165) is 50.2 Å². The van der Waals surface area contributed by atoms with Gasteiger partial charge in [0.05, 0.1) is 7.05 Å². The molecule has 0 radical (unpaired) electrons. The van der Waals surface area contributed by atoms with Crippen LogP contribution in [0.2, 0.25) is 0 Å². The van der Waals surface area contributed by atoms with Gasteiger partial charge in [0.2, 0.25) is 5.71 Å². The smallest absolute Gasteiger partial charge is 0.298 e. The highest BCUT2D eigenvalue weighted by molar-refractivity contribution is 6.08. The summed E-state index contributed by atoms with van der Waals surface area (Å²) in [5.41, 5.74) is 6.95. The number of nitrogens with zero attached hydrogens (tertiary/aromatic N) is 3. The van der Waals surface area contributed by atoms with Crippen LogP contribution in [0.25, 0.3) is 61.0 Å². The van der Waals surface area contributed by atoms with Gasteiger partial charge in [-0.3, -0.25) is 0 Å². The van der Waals surface area contributed by atoms with Gasteiger partial charge in [-0.05, 0) is 60.2 Å². The van der Waals surface area contributed by atoms with Gasteiger partial charge >= 0.3 is 0 Å². The van der Waals surface area contributed by atoms with E-state index in [1.807, 2.05) is 13.0 Å². The number of aryl methyl sites for hydroxylation is 2. The molecule has 162 valence electrons. The highest BCUT2D eigenvalue weighted by atomic mass is 16.3. The van der Waals surface area contributed by atoms with Gasteiger partial charge in [-0.1, -0.05) is 54.6 Å². The lowest BCUT2D eigenvalue weighted by Crippen LogP contribution is -2.30. The molecule has 3 aromatic heterocycles. The number of aromatic nitrogens is 3. The van der Waals surface area contributed by atoms with E-state index >= 15 is 0 Å². The minimum absolute atomic E-state index is 0.679. The van der Waals surface area contributed by atoms with Gasteiger partial charge in [-0.25, -0.2) is 9.55 Å². The molecule has 4 nitrogen and oxygen atoms in total. The Labute approximate surface area is 196 Å². The predicted molar refractivity (Wildman–Crippen MR) is 137 cm³/mol. The first kappa shape index (κ1) is 19.1. The maximum absolute atomic E-state index is 6.39. The Morgan fingerprint density at radius 2 is 1.59 bits per heavy atom. The van der Waals surface area contributed by atoms with E-state index in [4.69, 9.17) is 4.42 Å². The second-order valence-electron chi connectivity index (χ2n) is 8.83. The van der Waals surface area contributed by atoms with Crippen molar-refractivity contribution in [3.63, 3.8) is 0 Å². The van der Waals surface area contributed by atoms with Crippen molar-refractivity contribution < 1.29 is 8.98 Å². The van der Waals surface area contributed by atoms with E-state index in [9.17, 15) is 0 Å². The van der Waals surface area contributed by atoms with Gasteiger partial charge in [0.1, 0.15) is 11.3 Å². The molecule has 34 heavy (non-hydrogen) atoms. The SMILES string of the molecule is Cc1ccc2c(n1)oc1c(-c3n(-c4ccc5ccccc5c4)c4ccccc4[n+]3C)cccc12. The topological polar surface area (TPSA) is 34.8 Å². The van der Waals surface area contributed by atoms with Crippen LogP contribution >= 0.6 is 0 Å². The van der Waals surface area contributed by atoms with Crippen LogP contribution < -0.4 is 4.57 Å². The molecule has 3 heterocycles. The molecule has 0 unspecified atom stereocenters. The summed E-state index contributed by atoms with van der Waals surface area (Å²) in [5, 5.41) is 4.57. The van der Waals surface area contributed by atoms with Gasteiger partial charge < -0.3 is 4.42 Å². The molecule has 0 N–H and O–H groups in total. The summed E-state index contributed by atoms with van der Waals surface area (Å²) in [7, 11) is 2.12. The standard InChI is InChI=1S/C30H22N3O/c1-19-14-17-24-23-10-7-11-25(28(23)34-29(24)31-19)30-32(2)26-12-5-6-13-27(26)33(30)22-16-15-20-8-3-4-9-21(20)18-22/h3-18H,1-2H3/q+1. The van der Waals surface area contributed by atoms with E-state index in [0.29, 0.717) is 5.71 Å². The maximum Gasteiger partial charge on any atom is 0.298 e. The third-order valence-electron chi connectivity index (χ3n) is 6.75. The number of pyridine rings is 1. The van der Waals surface area contributed by atoms with E-state index in [1.54, 1.807) is 0 Å². The predicted octanol–water partition coefficient (Wildman–Crippen LogP) is 6.88. The molecular formula is C30H22N3O+. The van der Waals surface area contributed by atoms with Crippen LogP contribution in [0.15, 0.2) is 101 Å². The van der Waals surface area contributed by atoms with Gasteiger partial charge in [0, 0.05) is 16.5 Å². The number of fused-ring (bicyclic) bond motifs is 5. The molecule has 7 aromatic rings. The zero-order chi connectivity index (χ0) is 22.8. The summed E-state index contributed by atoms with van der Waals surface area (Å²) >= 11 is 0. The van der Waals surface area contributed by atoms with Crippen LogP contribution in [-0.4, -0.2) is 9.55 Å². The molecule has 0 atom stereocenters. The Bertz CT molecular complexity index is 1890. The molecule has 4 heteroatoms. The molecular weight excluding hydrogens is 418 g/mol. The first-order chi connectivity index (χ1) is 16.7. The van der Waals surface area contributed by atoms with E-state index in [1.165, 1.54) is 10.8 Å². The van der Waals surface area contributed by atoms with Gasteiger partial charge in [0.25, 0.3) is 5.82 Å². The molecule has 0 amide bonds. The lowest BCUT2D eigenvalue weighted by Gasteiger charge is -2.06. The summed E-state index contributed by atoms with van der Waals surface area (Å²) in [4.78, 5) is 4.65. The molecule has 0 bridgehead atoms. The van der Waals surface area contributed by atoms with Crippen LogP contribution in [0, 0.1) is 6.92 Å². The number of imidazole rings is 1. The lowest BCUT2D eigenvalue weighted by atomic mass is 10.1. The summed E-state index contributed by atoms with van der Waals surface area (Å²) < 4.78 is 11.0. The zero-order valence-electron chi connectivity index (χ0n) is 19.0. The normalized spacial score (nSPS) is 11.8. The van der Waals surface area contributed by atoms with E-state index in [2.05, 4.69) is 112 Å². The highest BCUT2D eigenvalue weighted by Gasteiger charge is 2.28. The Balaban J connectivity index is 1.61. The van der Waals surface area contributed by atoms with E-state index in [-0.39, 0.29) is 0 Å². The molecule has 0 aliphatic carbocycles. The minimum atomic E-state index is 0.679. The fourth-order valence-electron chi connectivity index (χ4n) is 5.14. The Kier molecular flexibility index (Phi) is 3.94. The number of hydrogen-bond acceptors (Lipinski definition) is 2. The highest BCUT2D eigenvalue weighted by Crippen LogP contribution is 2.36. The van der Waals surface area contributed by atoms with Crippen molar-refractivity contribution in [3.05, 3.63) is 103 Å². The molecule has 0 fully saturated rings. The fourth-order valence-corrected chi connectivity index (χ4v) is 5.14. The van der Waals surface area contributed by atoms with Crippen molar-refractivity contribution in [2.24, 2.45) is 7.05 Å². The van der Waals surface area contributed by atoms with Crippen molar-refractivity contribution in [2.75, 3.05) is 0 Å². The molecule has 7 rings (SSSR count). The second kappa shape index (κ2) is 7.03. The summed E-state index contributed by atoms with van der Waals surface area (Å²) in [6.45, 7) is 1.99. The number of benzene rings is 4. The quantitative estimate of drug-likeness (QED) is 0.275. The summed E-state index contributed by atoms with van der Waals surface area (Å²) in [6, 6.07) is 34.2. The Morgan fingerprint density at radius 1 is 0.765 bits per heavy atom.